The van der Waals surface area contributed by atoms with Crippen LogP contribution in [0.3, 0.4) is 0 Å². The number of rotatable bonds is 4. The van der Waals surface area contributed by atoms with Crippen molar-refractivity contribution in [1.29, 1.82) is 0 Å². The highest BCUT2D eigenvalue weighted by atomic mass is 32.1. The zero-order valence-electron chi connectivity index (χ0n) is 17.2. The summed E-state index contributed by atoms with van der Waals surface area (Å²) in [7, 11) is 0. The molecule has 0 amide bonds. The molecule has 0 saturated carbocycles. The number of anilines is 1. The predicted octanol–water partition coefficient (Wildman–Crippen LogP) is 5.64. The second kappa shape index (κ2) is 8.16. The third-order valence-electron chi connectivity index (χ3n) is 5.71. The molecule has 2 aromatic heterocycles. The number of thiocarbonyl (C=S) groups is 1. The molecule has 1 N–H and O–H groups in total. The Balaban J connectivity index is 1.69. The highest BCUT2D eigenvalue weighted by Gasteiger charge is 2.42. The molecule has 1 fully saturated rings. The maximum Gasteiger partial charge on any atom is 0.174 e. The van der Waals surface area contributed by atoms with Crippen LogP contribution in [0.1, 0.15) is 29.0 Å². The van der Waals surface area contributed by atoms with Gasteiger partial charge in [0, 0.05) is 23.8 Å². The molecule has 2 aromatic carbocycles. The Morgan fingerprint density at radius 3 is 2.50 bits per heavy atom. The smallest absolute Gasteiger partial charge is 0.174 e. The highest BCUT2D eigenvalue weighted by molar-refractivity contribution is 7.80. The van der Waals surface area contributed by atoms with E-state index in [1.807, 2.05) is 46.0 Å². The lowest BCUT2D eigenvalue weighted by Crippen LogP contribution is -2.30. The topological polar surface area (TPSA) is 33.1 Å². The Labute approximate surface area is 190 Å². The van der Waals surface area contributed by atoms with Crippen LogP contribution in [0.25, 0.3) is 5.69 Å². The fraction of sp³-hybridized carbons (Fsp3) is 0.120. The van der Waals surface area contributed by atoms with Crippen molar-refractivity contribution in [3.63, 3.8) is 0 Å². The van der Waals surface area contributed by atoms with Gasteiger partial charge in [-0.2, -0.15) is 0 Å². The lowest BCUT2D eigenvalue weighted by atomic mass is 10.0. The number of hydrogen-bond acceptors (Lipinski definition) is 2. The Morgan fingerprint density at radius 2 is 1.75 bits per heavy atom. The number of pyridine rings is 1. The van der Waals surface area contributed by atoms with Gasteiger partial charge in [-0.3, -0.25) is 4.98 Å². The number of halogens is 2. The van der Waals surface area contributed by atoms with Crippen molar-refractivity contribution in [1.82, 2.24) is 14.9 Å². The van der Waals surface area contributed by atoms with Gasteiger partial charge in [-0.15, -0.1) is 0 Å². The molecule has 160 valence electrons. The largest absolute Gasteiger partial charge is 0.351 e. The maximum atomic E-state index is 14.7. The van der Waals surface area contributed by atoms with Crippen molar-refractivity contribution in [2.75, 3.05) is 4.90 Å². The van der Waals surface area contributed by atoms with Crippen LogP contribution in [0.5, 0.6) is 0 Å². The number of nitrogens with one attached hydrogen (secondary N) is 1. The molecule has 1 aliphatic rings. The van der Waals surface area contributed by atoms with E-state index in [9.17, 15) is 8.78 Å². The summed E-state index contributed by atoms with van der Waals surface area (Å²) in [5.74, 6) is -0.601. The summed E-state index contributed by atoms with van der Waals surface area (Å²) in [6.07, 6.45) is 3.57. The SMILES string of the molecule is Cc1cc(N2C(=S)N[C@@H](c3ccccn3)[C@@H]2c2cccn2-c2ccccc2F)ccc1F. The lowest BCUT2D eigenvalue weighted by Gasteiger charge is -2.29. The monoisotopic (exact) mass is 446 g/mol. The minimum atomic E-state index is -0.336. The number of hydrogen-bond donors (Lipinski definition) is 1. The molecule has 1 saturated heterocycles. The summed E-state index contributed by atoms with van der Waals surface area (Å²) >= 11 is 5.72. The minimum Gasteiger partial charge on any atom is -0.351 e. The van der Waals surface area contributed by atoms with Gasteiger partial charge in [-0.05, 0) is 79.3 Å². The van der Waals surface area contributed by atoms with E-state index in [0.29, 0.717) is 16.4 Å². The van der Waals surface area contributed by atoms with Crippen molar-refractivity contribution in [3.05, 3.63) is 114 Å². The summed E-state index contributed by atoms with van der Waals surface area (Å²) in [6, 6.07) is 20.5. The van der Waals surface area contributed by atoms with Gasteiger partial charge in [0.05, 0.1) is 17.4 Å². The van der Waals surface area contributed by atoms with Gasteiger partial charge in [0.25, 0.3) is 0 Å². The van der Waals surface area contributed by atoms with E-state index >= 15 is 0 Å². The van der Waals surface area contributed by atoms with Crippen LogP contribution in [-0.4, -0.2) is 14.7 Å². The minimum absolute atomic E-state index is 0.278. The zero-order valence-corrected chi connectivity index (χ0v) is 18.1. The van der Waals surface area contributed by atoms with E-state index in [0.717, 1.165) is 17.1 Å². The Morgan fingerprint density at radius 1 is 0.938 bits per heavy atom. The standard InChI is InChI=1S/C25H20F2N4S/c1-16-15-17(11-12-18(16)26)31-24(23(29-25(31)32)20-8-4-5-13-28-20)22-10-6-14-30(22)21-9-3-2-7-19(21)27/h2-15,23-24H,1H3,(H,29,32)/t23-,24-/m0/s1. The van der Waals surface area contributed by atoms with E-state index in [1.54, 1.807) is 43.5 Å². The van der Waals surface area contributed by atoms with Gasteiger partial charge >= 0.3 is 0 Å². The van der Waals surface area contributed by atoms with Gasteiger partial charge in [0.15, 0.2) is 5.11 Å². The van der Waals surface area contributed by atoms with Crippen molar-refractivity contribution in [3.8, 4) is 5.69 Å². The molecule has 5 rings (SSSR count). The van der Waals surface area contributed by atoms with E-state index in [-0.39, 0.29) is 23.7 Å². The molecular formula is C25H20F2N4S. The summed E-state index contributed by atoms with van der Waals surface area (Å²) in [6.45, 7) is 1.72. The Kier molecular flexibility index (Phi) is 5.19. The molecule has 32 heavy (non-hydrogen) atoms. The fourth-order valence-electron chi connectivity index (χ4n) is 4.21. The van der Waals surface area contributed by atoms with Crippen LogP contribution in [-0.2, 0) is 0 Å². The van der Waals surface area contributed by atoms with Crippen LogP contribution in [0.2, 0.25) is 0 Å². The van der Waals surface area contributed by atoms with E-state index in [1.165, 1.54) is 12.1 Å². The summed E-state index contributed by atoms with van der Waals surface area (Å²) < 4.78 is 30.5. The van der Waals surface area contributed by atoms with Crippen molar-refractivity contribution in [2.45, 2.75) is 19.0 Å². The molecule has 2 atom stereocenters. The molecule has 0 spiro atoms. The number of nitrogens with zero attached hydrogens (tertiary/aromatic N) is 3. The van der Waals surface area contributed by atoms with Gasteiger partial charge in [-0.25, -0.2) is 8.78 Å². The molecular weight excluding hydrogens is 426 g/mol. The van der Waals surface area contributed by atoms with Crippen molar-refractivity contribution in [2.24, 2.45) is 0 Å². The first-order valence-corrected chi connectivity index (χ1v) is 10.6. The average molecular weight is 447 g/mol. The van der Waals surface area contributed by atoms with Crippen molar-refractivity contribution >= 4 is 23.0 Å². The first-order valence-electron chi connectivity index (χ1n) is 10.2. The van der Waals surface area contributed by atoms with Gasteiger partial charge < -0.3 is 14.8 Å². The number of aryl methyl sites for hydroxylation is 1. The second-order valence-corrected chi connectivity index (χ2v) is 8.07. The van der Waals surface area contributed by atoms with Crippen LogP contribution in [0.4, 0.5) is 14.5 Å². The van der Waals surface area contributed by atoms with E-state index < -0.39 is 0 Å². The number of aromatic nitrogens is 2. The van der Waals surface area contributed by atoms with Crippen LogP contribution in [0, 0.1) is 18.6 Å². The first kappa shape index (κ1) is 20.3. The summed E-state index contributed by atoms with van der Waals surface area (Å²) in [4.78, 5) is 6.50. The third-order valence-corrected chi connectivity index (χ3v) is 6.03. The summed E-state index contributed by atoms with van der Waals surface area (Å²) in [5.41, 5.74) is 3.36. The maximum absolute atomic E-state index is 14.7. The zero-order chi connectivity index (χ0) is 22.2. The Bertz CT molecular complexity index is 1290. The van der Waals surface area contributed by atoms with Crippen LogP contribution in [0.15, 0.2) is 85.2 Å². The molecule has 0 aliphatic carbocycles. The first-order chi connectivity index (χ1) is 15.5. The Hall–Kier alpha value is -3.58. The summed E-state index contributed by atoms with van der Waals surface area (Å²) in [5, 5.41) is 3.88. The molecule has 0 radical (unpaired) electrons. The van der Waals surface area contributed by atoms with Gasteiger partial charge in [-0.1, -0.05) is 18.2 Å². The third kappa shape index (κ3) is 3.44. The predicted molar refractivity (Wildman–Crippen MR) is 125 cm³/mol. The molecule has 4 aromatic rings. The quantitative estimate of drug-likeness (QED) is 0.412. The molecule has 4 nitrogen and oxygen atoms in total. The molecule has 1 aliphatic heterocycles. The molecule has 3 heterocycles. The molecule has 0 unspecified atom stereocenters. The number of para-hydroxylation sites is 1. The van der Waals surface area contributed by atoms with Gasteiger partial charge in [0.1, 0.15) is 17.7 Å². The van der Waals surface area contributed by atoms with Crippen molar-refractivity contribution < 1.29 is 8.78 Å². The fourth-order valence-corrected chi connectivity index (χ4v) is 4.56. The second-order valence-electron chi connectivity index (χ2n) is 7.68. The molecule has 7 heteroatoms. The van der Waals surface area contributed by atoms with Crippen LogP contribution < -0.4 is 10.2 Å². The van der Waals surface area contributed by atoms with E-state index in [4.69, 9.17) is 12.2 Å². The lowest BCUT2D eigenvalue weighted by molar-refractivity contribution is 0.544. The molecule has 0 bridgehead atoms. The average Bonchev–Trinajstić information content (AvgIpc) is 3.41. The van der Waals surface area contributed by atoms with Crippen LogP contribution >= 0.6 is 12.2 Å². The normalized spacial score (nSPS) is 18.1. The highest BCUT2D eigenvalue weighted by Crippen LogP contribution is 2.42. The number of benzene rings is 2. The van der Waals surface area contributed by atoms with Gasteiger partial charge in [0.2, 0.25) is 0 Å². The van der Waals surface area contributed by atoms with E-state index in [2.05, 4.69) is 10.3 Å².